The molecule has 0 fully saturated rings. The molecule has 8 aromatic carbocycles. The zero-order valence-electron chi connectivity index (χ0n) is 46.3. The molecule has 0 unspecified atom stereocenters. The number of fused-ring (bicyclic) bond motifs is 8. The van der Waals surface area contributed by atoms with Gasteiger partial charge >= 0.3 is 0 Å². The molecule has 11 aromatic rings. The summed E-state index contributed by atoms with van der Waals surface area (Å²) in [4.78, 5) is 13.5. The molecule has 1 aliphatic carbocycles. The van der Waals surface area contributed by atoms with Crippen LogP contribution in [-0.2, 0) is 28.1 Å². The minimum Gasteiger partial charge on any atom is -0.256 e. The third-order valence-electron chi connectivity index (χ3n) is 14.4. The Morgan fingerprint density at radius 2 is 1.01 bits per heavy atom. The first-order valence-corrected chi connectivity index (χ1v) is 26.6. The maximum Gasteiger partial charge on any atom is 0.0964 e. The van der Waals surface area contributed by atoms with Crippen molar-refractivity contribution >= 4 is 60.3 Å². The van der Waals surface area contributed by atoms with Crippen LogP contribution in [0.4, 0.5) is 0 Å². The number of aromatic nitrogens is 3. The van der Waals surface area contributed by atoms with Gasteiger partial charge in [0.1, 0.15) is 0 Å². The van der Waals surface area contributed by atoms with E-state index in [2.05, 4.69) is 280 Å². The number of pyridine rings is 3. The van der Waals surface area contributed by atoms with Gasteiger partial charge in [0, 0.05) is 34.7 Å². The minimum absolute atomic E-state index is 0.122. The smallest absolute Gasteiger partial charge is 0.0964 e. The van der Waals surface area contributed by atoms with Gasteiger partial charge in [-0.05, 0) is 142 Å². The molecule has 12 rings (SSSR count). The third kappa shape index (κ3) is 12.0. The first-order chi connectivity index (χ1) is 35.7. The summed E-state index contributed by atoms with van der Waals surface area (Å²) in [5.74, 6) is 0. The number of para-hydroxylation sites is 1. The maximum absolute atomic E-state index is 4.61. The minimum atomic E-state index is 0.122. The van der Waals surface area contributed by atoms with Crippen molar-refractivity contribution in [3.05, 3.63) is 240 Å². The second-order valence-corrected chi connectivity index (χ2v) is 24.2. The Labute approximate surface area is 446 Å². The Morgan fingerprint density at radius 1 is 0.360 bits per heavy atom. The Bertz CT molecular complexity index is 3830. The molecule has 3 heterocycles. The van der Waals surface area contributed by atoms with Gasteiger partial charge < -0.3 is 0 Å². The van der Waals surface area contributed by atoms with Crippen LogP contribution in [0.15, 0.2) is 207 Å². The zero-order chi connectivity index (χ0) is 53.1. The summed E-state index contributed by atoms with van der Waals surface area (Å²) in [7, 11) is 0. The molecule has 0 N–H and O–H groups in total. The van der Waals surface area contributed by atoms with Gasteiger partial charge in [-0.2, -0.15) is 0 Å². The van der Waals surface area contributed by atoms with Crippen molar-refractivity contribution in [3.8, 4) is 22.3 Å². The lowest BCUT2D eigenvalue weighted by molar-refractivity contribution is 0.588. The lowest BCUT2D eigenvalue weighted by atomic mass is 9.81. The van der Waals surface area contributed by atoms with Gasteiger partial charge in [0.2, 0.25) is 0 Å². The summed E-state index contributed by atoms with van der Waals surface area (Å²) in [6.07, 6.45) is 11.3. The van der Waals surface area contributed by atoms with Gasteiger partial charge in [0.15, 0.2) is 0 Å². The number of hydrogen-bond acceptors (Lipinski definition) is 3. The second-order valence-electron chi connectivity index (χ2n) is 24.2. The molecule has 3 aromatic heterocycles. The Kier molecular flexibility index (Phi) is 14.8. The fourth-order valence-electron chi connectivity index (χ4n) is 9.90. The van der Waals surface area contributed by atoms with Gasteiger partial charge in [-0.25, -0.2) is 0 Å². The van der Waals surface area contributed by atoms with E-state index >= 15 is 0 Å². The predicted octanol–water partition coefficient (Wildman–Crippen LogP) is 19.8. The van der Waals surface area contributed by atoms with Crippen molar-refractivity contribution < 1.29 is 0 Å². The summed E-state index contributed by atoms with van der Waals surface area (Å²) in [5, 5.41) is 8.87. The predicted molar refractivity (Wildman–Crippen MR) is 325 cm³/mol. The monoisotopic (exact) mass is 980 g/mol. The first kappa shape index (κ1) is 52.1. The molecule has 75 heavy (non-hydrogen) atoms. The van der Waals surface area contributed by atoms with Crippen LogP contribution in [0.5, 0.6) is 0 Å². The fourth-order valence-corrected chi connectivity index (χ4v) is 9.90. The number of rotatable bonds is 2. The molecule has 0 saturated carbocycles. The van der Waals surface area contributed by atoms with E-state index in [0.29, 0.717) is 0 Å². The van der Waals surface area contributed by atoms with E-state index in [0.717, 1.165) is 33.7 Å². The zero-order valence-corrected chi connectivity index (χ0v) is 46.3. The summed E-state index contributed by atoms with van der Waals surface area (Å²) < 4.78 is 0. The Balaban J connectivity index is 0.000000125. The lowest BCUT2D eigenvalue weighted by Crippen LogP contribution is -2.11. The van der Waals surface area contributed by atoms with Crippen LogP contribution in [0.2, 0.25) is 0 Å². The molecule has 0 aliphatic heterocycles. The van der Waals surface area contributed by atoms with E-state index in [-0.39, 0.29) is 21.7 Å². The highest BCUT2D eigenvalue weighted by Gasteiger charge is 2.20. The number of hydrogen-bond donors (Lipinski definition) is 0. The average Bonchev–Trinajstić information content (AvgIpc) is 3.89. The van der Waals surface area contributed by atoms with Crippen LogP contribution >= 0.6 is 0 Å². The van der Waals surface area contributed by atoms with Crippen molar-refractivity contribution in [2.75, 3.05) is 0 Å². The van der Waals surface area contributed by atoms with Crippen LogP contribution in [0.1, 0.15) is 116 Å². The quantitative estimate of drug-likeness (QED) is 0.162. The van der Waals surface area contributed by atoms with Crippen LogP contribution in [0.25, 0.3) is 82.6 Å². The highest BCUT2D eigenvalue weighted by Crippen LogP contribution is 2.38. The molecule has 0 radical (unpaired) electrons. The van der Waals surface area contributed by atoms with Crippen LogP contribution in [0, 0.1) is 0 Å². The maximum atomic E-state index is 4.61. The van der Waals surface area contributed by atoms with Gasteiger partial charge in [-0.3, -0.25) is 15.0 Å². The molecule has 0 spiro atoms. The summed E-state index contributed by atoms with van der Waals surface area (Å²) in [6.45, 7) is 27.0. The van der Waals surface area contributed by atoms with E-state index in [1.807, 2.05) is 30.7 Å². The van der Waals surface area contributed by atoms with Crippen LogP contribution in [-0.4, -0.2) is 15.0 Å². The van der Waals surface area contributed by atoms with Crippen LogP contribution < -0.4 is 0 Å². The van der Waals surface area contributed by atoms with Gasteiger partial charge in [-0.1, -0.05) is 241 Å². The molecule has 3 heteroatoms. The van der Waals surface area contributed by atoms with Gasteiger partial charge in [0.05, 0.1) is 16.6 Å². The Morgan fingerprint density at radius 3 is 1.76 bits per heavy atom. The van der Waals surface area contributed by atoms with E-state index in [9.17, 15) is 0 Å². The van der Waals surface area contributed by atoms with E-state index in [1.165, 1.54) is 82.6 Å². The van der Waals surface area contributed by atoms with Crippen molar-refractivity contribution in [1.82, 2.24) is 15.0 Å². The lowest BCUT2D eigenvalue weighted by Gasteiger charge is -2.23. The van der Waals surface area contributed by atoms with Gasteiger partial charge in [0.25, 0.3) is 0 Å². The molecular weight excluding hydrogens is 907 g/mol. The third-order valence-corrected chi connectivity index (χ3v) is 14.4. The summed E-state index contributed by atoms with van der Waals surface area (Å²) in [5.41, 5.74) is 17.1. The van der Waals surface area contributed by atoms with Crippen LogP contribution in [0.3, 0.4) is 0 Å². The van der Waals surface area contributed by atoms with E-state index in [1.54, 1.807) is 0 Å². The highest BCUT2D eigenvalue weighted by molar-refractivity contribution is 6.10. The SMILES string of the molecule is CC(C)(C)c1cc2ccccc2c2cc(-c3ccccc3)ccc12.CC(C)(C)c1ccc2c(c1)C=CC2.CC(C)(C)c1cccc(-c2ccnc3ccccc23)c1.CC(C)(C)c1cnc2c(ccc3cccnc32)c1. The molecule has 0 atom stereocenters. The molecule has 3 nitrogen and oxygen atoms in total. The molecular formula is C72H73N3. The van der Waals surface area contributed by atoms with Crippen molar-refractivity contribution in [1.29, 1.82) is 0 Å². The molecule has 0 saturated heterocycles. The number of allylic oxidation sites excluding steroid dienone is 1. The molecule has 0 amide bonds. The van der Waals surface area contributed by atoms with Crippen molar-refractivity contribution in [2.24, 2.45) is 0 Å². The fraction of sp³-hybridized carbons (Fsp3) is 0.236. The van der Waals surface area contributed by atoms with E-state index in [4.69, 9.17) is 0 Å². The molecule has 376 valence electrons. The van der Waals surface area contributed by atoms with E-state index < -0.39 is 0 Å². The van der Waals surface area contributed by atoms with Crippen molar-refractivity contribution in [2.45, 2.75) is 111 Å². The highest BCUT2D eigenvalue weighted by atomic mass is 14.7. The second kappa shape index (κ2) is 21.2. The number of benzene rings is 8. The van der Waals surface area contributed by atoms with Crippen molar-refractivity contribution in [3.63, 3.8) is 0 Å². The Hall–Kier alpha value is -7.75. The molecule has 1 aliphatic rings. The normalized spacial score (nSPS) is 12.4. The topological polar surface area (TPSA) is 38.7 Å². The number of nitrogens with zero attached hydrogens (tertiary/aromatic N) is 3. The van der Waals surface area contributed by atoms with Gasteiger partial charge in [-0.15, -0.1) is 0 Å². The largest absolute Gasteiger partial charge is 0.256 e. The molecule has 0 bridgehead atoms. The average molecular weight is 980 g/mol. The summed E-state index contributed by atoms with van der Waals surface area (Å²) >= 11 is 0. The summed E-state index contributed by atoms with van der Waals surface area (Å²) in [6, 6.07) is 65.1. The first-order valence-electron chi connectivity index (χ1n) is 26.6. The standard InChI is InChI=1S/C24H22.C19H19N.C16H16N2.C13H16/c1-24(2,3)23-16-19-11-7-8-12-20(19)22-15-18(13-14-21(22)23)17-9-5-4-6-10-17;1-19(2,3)15-8-6-7-14(13-15)16-11-12-20-18-10-5-4-9-17(16)18;1-16(2,3)13-9-12-7-6-11-5-4-8-17-14(11)15(12)18-10-13;1-13(2,3)12-8-7-10-5-4-6-11(10)9-12/h4-16H,1-3H3;4-13H,1-3H3;4-10H,1-3H3;4,6-9H,5H2,1-3H3.